The molecule has 2 N–H and O–H groups in total. The van der Waals surface area contributed by atoms with E-state index in [0.717, 1.165) is 0 Å². The molecule has 0 spiro atoms. The van der Waals surface area contributed by atoms with Gasteiger partial charge in [0.15, 0.2) is 0 Å². The minimum Gasteiger partial charge on any atom is -0.478 e. The summed E-state index contributed by atoms with van der Waals surface area (Å²) in [5.74, 6) is -1.46. The smallest absolute Gasteiger partial charge is 0.336 e. The standard InChI is InChI=1S/C15H11ClN2O3/c16-12-7-5-10(6-8-12)14(19)18-17-9-11-3-1-2-4-13(11)15(20)21/h1-9H,(H,18,19)(H,20,21)/b17-9+. The molecule has 6 heteroatoms. The number of halogens is 1. The van der Waals surface area contributed by atoms with E-state index in [1.165, 1.54) is 12.3 Å². The van der Waals surface area contributed by atoms with E-state index in [4.69, 9.17) is 16.7 Å². The number of nitrogens with zero attached hydrogens (tertiary/aromatic N) is 1. The number of carboxylic acids is 1. The number of carboxylic acid groups (broad SMARTS) is 1. The van der Waals surface area contributed by atoms with Crippen LogP contribution in [0.5, 0.6) is 0 Å². The molecule has 5 nitrogen and oxygen atoms in total. The summed E-state index contributed by atoms with van der Waals surface area (Å²) in [6, 6.07) is 12.7. The normalized spacial score (nSPS) is 10.5. The van der Waals surface area contributed by atoms with Crippen LogP contribution in [0.1, 0.15) is 26.3 Å². The molecule has 0 aromatic heterocycles. The van der Waals surface area contributed by atoms with Crippen LogP contribution in [0.3, 0.4) is 0 Å². The van der Waals surface area contributed by atoms with Gasteiger partial charge in [-0.25, -0.2) is 10.2 Å². The zero-order chi connectivity index (χ0) is 15.2. The fourth-order valence-electron chi connectivity index (χ4n) is 1.63. The predicted molar refractivity (Wildman–Crippen MR) is 79.9 cm³/mol. The Morgan fingerprint density at radius 3 is 2.43 bits per heavy atom. The summed E-state index contributed by atoms with van der Waals surface area (Å²) in [5, 5.41) is 13.3. The highest BCUT2D eigenvalue weighted by molar-refractivity contribution is 6.30. The van der Waals surface area contributed by atoms with Gasteiger partial charge in [0.05, 0.1) is 11.8 Å². The maximum Gasteiger partial charge on any atom is 0.336 e. The van der Waals surface area contributed by atoms with Crippen LogP contribution in [0, 0.1) is 0 Å². The van der Waals surface area contributed by atoms with Gasteiger partial charge in [0.2, 0.25) is 0 Å². The van der Waals surface area contributed by atoms with Crippen molar-refractivity contribution >= 4 is 29.7 Å². The fourth-order valence-corrected chi connectivity index (χ4v) is 1.76. The van der Waals surface area contributed by atoms with E-state index in [1.807, 2.05) is 0 Å². The van der Waals surface area contributed by atoms with Gasteiger partial charge in [0.25, 0.3) is 5.91 Å². The van der Waals surface area contributed by atoms with Crippen molar-refractivity contribution in [2.24, 2.45) is 5.10 Å². The quantitative estimate of drug-likeness (QED) is 0.673. The van der Waals surface area contributed by atoms with Crippen molar-refractivity contribution in [3.05, 3.63) is 70.2 Å². The summed E-state index contributed by atoms with van der Waals surface area (Å²) in [7, 11) is 0. The van der Waals surface area contributed by atoms with Crippen LogP contribution in [0.15, 0.2) is 53.6 Å². The molecular formula is C15H11ClN2O3. The molecule has 0 atom stereocenters. The largest absolute Gasteiger partial charge is 0.478 e. The Balaban J connectivity index is 2.07. The summed E-state index contributed by atoms with van der Waals surface area (Å²) in [6.45, 7) is 0. The third-order valence-electron chi connectivity index (χ3n) is 2.67. The molecule has 0 aliphatic rings. The first kappa shape index (κ1) is 14.7. The topological polar surface area (TPSA) is 78.8 Å². The summed E-state index contributed by atoms with van der Waals surface area (Å²) in [4.78, 5) is 22.8. The van der Waals surface area contributed by atoms with Crippen molar-refractivity contribution < 1.29 is 14.7 Å². The Labute approximate surface area is 125 Å². The van der Waals surface area contributed by atoms with Crippen LogP contribution < -0.4 is 5.43 Å². The maximum absolute atomic E-state index is 11.8. The number of nitrogens with one attached hydrogen (secondary N) is 1. The predicted octanol–water partition coefficient (Wildman–Crippen LogP) is 2.80. The first-order valence-electron chi connectivity index (χ1n) is 5.99. The molecule has 2 rings (SSSR count). The molecule has 0 unspecified atom stereocenters. The molecule has 2 aromatic rings. The van der Waals surface area contributed by atoms with Crippen LogP contribution in [-0.4, -0.2) is 23.2 Å². The monoisotopic (exact) mass is 302 g/mol. The van der Waals surface area contributed by atoms with Gasteiger partial charge < -0.3 is 5.11 Å². The first-order chi connectivity index (χ1) is 10.1. The molecule has 0 fully saturated rings. The summed E-state index contributed by atoms with van der Waals surface area (Å²) in [5.41, 5.74) is 3.25. The lowest BCUT2D eigenvalue weighted by Crippen LogP contribution is -2.17. The van der Waals surface area contributed by atoms with Crippen molar-refractivity contribution in [1.29, 1.82) is 0 Å². The summed E-state index contributed by atoms with van der Waals surface area (Å²) < 4.78 is 0. The number of rotatable bonds is 4. The zero-order valence-corrected chi connectivity index (χ0v) is 11.5. The summed E-state index contributed by atoms with van der Waals surface area (Å²) >= 11 is 5.73. The lowest BCUT2D eigenvalue weighted by atomic mass is 10.1. The van der Waals surface area contributed by atoms with Crippen LogP contribution in [0.2, 0.25) is 5.02 Å². The Morgan fingerprint density at radius 1 is 1.10 bits per heavy atom. The van der Waals surface area contributed by atoms with Crippen molar-refractivity contribution in [2.75, 3.05) is 0 Å². The first-order valence-corrected chi connectivity index (χ1v) is 6.37. The SMILES string of the molecule is O=C(N/N=C/c1ccccc1C(=O)O)c1ccc(Cl)cc1. The highest BCUT2D eigenvalue weighted by Gasteiger charge is 2.07. The fraction of sp³-hybridized carbons (Fsp3) is 0. The second-order valence-corrected chi connectivity index (χ2v) is 4.53. The van der Waals surface area contributed by atoms with Gasteiger partial charge in [-0.05, 0) is 30.3 Å². The van der Waals surface area contributed by atoms with Crippen LogP contribution in [-0.2, 0) is 0 Å². The number of aromatic carboxylic acids is 1. The highest BCUT2D eigenvalue weighted by Crippen LogP contribution is 2.09. The third kappa shape index (κ3) is 3.90. The van der Waals surface area contributed by atoms with Crippen molar-refractivity contribution in [1.82, 2.24) is 5.43 Å². The molecule has 1 amide bonds. The molecule has 0 heterocycles. The Morgan fingerprint density at radius 2 is 1.76 bits per heavy atom. The number of hydrogen-bond donors (Lipinski definition) is 2. The average molecular weight is 303 g/mol. The lowest BCUT2D eigenvalue weighted by Gasteiger charge is -2.01. The highest BCUT2D eigenvalue weighted by atomic mass is 35.5. The van der Waals surface area contributed by atoms with Gasteiger partial charge in [-0.2, -0.15) is 5.10 Å². The minimum atomic E-state index is -1.05. The van der Waals surface area contributed by atoms with E-state index >= 15 is 0 Å². The maximum atomic E-state index is 11.8. The average Bonchev–Trinajstić information content (AvgIpc) is 2.48. The van der Waals surface area contributed by atoms with E-state index in [0.29, 0.717) is 16.1 Å². The molecule has 0 saturated heterocycles. The number of hydrazone groups is 1. The molecule has 0 saturated carbocycles. The van der Waals surface area contributed by atoms with Crippen molar-refractivity contribution in [3.8, 4) is 0 Å². The number of carbonyl (C=O) groups excluding carboxylic acids is 1. The number of benzene rings is 2. The second-order valence-electron chi connectivity index (χ2n) is 4.10. The van der Waals surface area contributed by atoms with Crippen molar-refractivity contribution in [3.63, 3.8) is 0 Å². The van der Waals surface area contributed by atoms with Crippen molar-refractivity contribution in [2.45, 2.75) is 0 Å². The number of hydrogen-bond acceptors (Lipinski definition) is 3. The molecule has 0 radical (unpaired) electrons. The molecule has 0 bridgehead atoms. The van der Waals surface area contributed by atoms with Gasteiger partial charge in [0, 0.05) is 16.1 Å². The lowest BCUT2D eigenvalue weighted by molar-refractivity contribution is 0.0696. The molecule has 0 aliphatic carbocycles. The van der Waals surface area contributed by atoms with E-state index in [9.17, 15) is 9.59 Å². The summed E-state index contributed by atoms with van der Waals surface area (Å²) in [6.07, 6.45) is 1.29. The van der Waals surface area contributed by atoms with E-state index in [1.54, 1.807) is 42.5 Å². The zero-order valence-electron chi connectivity index (χ0n) is 10.8. The number of amides is 1. The van der Waals surface area contributed by atoms with Gasteiger partial charge >= 0.3 is 5.97 Å². The van der Waals surface area contributed by atoms with Gasteiger partial charge in [-0.15, -0.1) is 0 Å². The Bertz CT molecular complexity index is 696. The van der Waals surface area contributed by atoms with E-state index in [-0.39, 0.29) is 5.56 Å². The Hall–Kier alpha value is -2.66. The second kappa shape index (κ2) is 6.67. The van der Waals surface area contributed by atoms with Gasteiger partial charge in [-0.1, -0.05) is 29.8 Å². The van der Waals surface area contributed by atoms with Crippen LogP contribution >= 0.6 is 11.6 Å². The van der Waals surface area contributed by atoms with E-state index < -0.39 is 11.9 Å². The molecule has 106 valence electrons. The Kier molecular flexibility index (Phi) is 4.68. The molecule has 21 heavy (non-hydrogen) atoms. The minimum absolute atomic E-state index is 0.113. The van der Waals surface area contributed by atoms with Crippen LogP contribution in [0.4, 0.5) is 0 Å². The van der Waals surface area contributed by atoms with E-state index in [2.05, 4.69) is 10.5 Å². The molecule has 0 aliphatic heterocycles. The molecular weight excluding hydrogens is 292 g/mol. The van der Waals surface area contributed by atoms with Crippen LogP contribution in [0.25, 0.3) is 0 Å². The number of carbonyl (C=O) groups is 2. The van der Waals surface area contributed by atoms with Gasteiger partial charge in [-0.3, -0.25) is 4.79 Å². The third-order valence-corrected chi connectivity index (χ3v) is 2.92. The molecule has 2 aromatic carbocycles. The van der Waals surface area contributed by atoms with Gasteiger partial charge in [0.1, 0.15) is 0 Å².